The Morgan fingerprint density at radius 3 is 3.06 bits per heavy atom. The summed E-state index contributed by atoms with van der Waals surface area (Å²) >= 11 is 1.75. The van der Waals surface area contributed by atoms with Gasteiger partial charge in [-0.3, -0.25) is 9.67 Å². The second kappa shape index (κ2) is 6.44. The molecule has 0 atom stereocenters. The first-order chi connectivity index (χ1) is 8.78. The zero-order chi connectivity index (χ0) is 12.8. The predicted molar refractivity (Wildman–Crippen MR) is 75.8 cm³/mol. The van der Waals surface area contributed by atoms with E-state index in [1.807, 2.05) is 36.4 Å². The molecule has 0 fully saturated rings. The first-order valence-electron chi connectivity index (χ1n) is 6.08. The van der Waals surface area contributed by atoms with Crippen LogP contribution in [0.3, 0.4) is 0 Å². The highest BCUT2D eigenvalue weighted by Gasteiger charge is 2.01. The van der Waals surface area contributed by atoms with Gasteiger partial charge in [0.15, 0.2) is 0 Å². The van der Waals surface area contributed by atoms with Crippen LogP contribution < -0.4 is 5.32 Å². The zero-order valence-corrected chi connectivity index (χ0v) is 11.6. The van der Waals surface area contributed by atoms with Crippen LogP contribution in [0.15, 0.2) is 35.6 Å². The number of pyridine rings is 1. The Morgan fingerprint density at radius 1 is 1.44 bits per heavy atom. The third-order valence-electron chi connectivity index (χ3n) is 2.46. The second-order valence-electron chi connectivity index (χ2n) is 4.10. The van der Waals surface area contributed by atoms with Gasteiger partial charge in [0.05, 0.1) is 11.9 Å². The Hall–Kier alpha value is -1.49. The number of nitrogens with zero attached hydrogens (tertiary/aromatic N) is 3. The summed E-state index contributed by atoms with van der Waals surface area (Å²) in [5, 5.41) is 7.52. The molecule has 0 bridgehead atoms. The SMILES string of the molecule is CCCNc1ccnc(CSc2cnn(C)c2)c1. The van der Waals surface area contributed by atoms with Crippen LogP contribution in [0.2, 0.25) is 0 Å². The van der Waals surface area contributed by atoms with Crippen molar-refractivity contribution in [2.45, 2.75) is 24.0 Å². The number of anilines is 1. The molecule has 0 aliphatic carbocycles. The van der Waals surface area contributed by atoms with Gasteiger partial charge in [0.25, 0.3) is 0 Å². The number of thioether (sulfide) groups is 1. The highest BCUT2D eigenvalue weighted by molar-refractivity contribution is 7.98. The third kappa shape index (κ3) is 3.77. The lowest BCUT2D eigenvalue weighted by Gasteiger charge is -2.06. The number of aromatic nitrogens is 3. The molecule has 5 heteroatoms. The van der Waals surface area contributed by atoms with Gasteiger partial charge in [0, 0.05) is 42.3 Å². The van der Waals surface area contributed by atoms with Crippen LogP contribution in [-0.2, 0) is 12.8 Å². The Kier molecular flexibility index (Phi) is 4.64. The summed E-state index contributed by atoms with van der Waals surface area (Å²) < 4.78 is 1.81. The molecule has 0 aliphatic heterocycles. The van der Waals surface area contributed by atoms with Crippen molar-refractivity contribution in [3.63, 3.8) is 0 Å². The van der Waals surface area contributed by atoms with E-state index in [9.17, 15) is 0 Å². The summed E-state index contributed by atoms with van der Waals surface area (Å²) in [5.74, 6) is 0.868. The molecule has 2 aromatic rings. The maximum atomic E-state index is 4.38. The van der Waals surface area contributed by atoms with Crippen LogP contribution in [0.4, 0.5) is 5.69 Å². The third-order valence-corrected chi connectivity index (χ3v) is 3.45. The normalized spacial score (nSPS) is 10.6. The average Bonchev–Trinajstić information content (AvgIpc) is 2.80. The van der Waals surface area contributed by atoms with Crippen LogP contribution in [-0.4, -0.2) is 21.3 Å². The molecular weight excluding hydrogens is 244 g/mol. The number of aryl methyl sites for hydroxylation is 1. The van der Waals surface area contributed by atoms with Crippen LogP contribution in [0.1, 0.15) is 19.0 Å². The number of nitrogens with one attached hydrogen (secondary N) is 1. The van der Waals surface area contributed by atoms with Gasteiger partial charge >= 0.3 is 0 Å². The van der Waals surface area contributed by atoms with E-state index < -0.39 is 0 Å². The van der Waals surface area contributed by atoms with E-state index in [0.29, 0.717) is 0 Å². The van der Waals surface area contributed by atoms with Gasteiger partial charge in [-0.1, -0.05) is 6.92 Å². The summed E-state index contributed by atoms with van der Waals surface area (Å²) in [7, 11) is 1.93. The van der Waals surface area contributed by atoms with Crippen LogP contribution in [0.25, 0.3) is 0 Å². The lowest BCUT2D eigenvalue weighted by molar-refractivity contribution is 0.766. The van der Waals surface area contributed by atoms with Crippen molar-refractivity contribution in [1.29, 1.82) is 0 Å². The van der Waals surface area contributed by atoms with Gasteiger partial charge < -0.3 is 5.32 Å². The van der Waals surface area contributed by atoms with Crippen molar-refractivity contribution in [2.75, 3.05) is 11.9 Å². The molecule has 0 saturated heterocycles. The minimum atomic E-state index is 0.868. The molecule has 0 spiro atoms. The van der Waals surface area contributed by atoms with E-state index in [4.69, 9.17) is 0 Å². The maximum absolute atomic E-state index is 4.38. The van der Waals surface area contributed by atoms with Gasteiger partial charge in [-0.2, -0.15) is 5.10 Å². The molecule has 2 rings (SSSR count). The standard InChI is InChI=1S/C13H18N4S/c1-3-5-14-11-4-6-15-12(7-11)10-18-13-8-16-17(2)9-13/h4,6-9H,3,5,10H2,1-2H3,(H,14,15). The van der Waals surface area contributed by atoms with Crippen LogP contribution in [0, 0.1) is 0 Å². The van der Waals surface area contributed by atoms with Crippen LogP contribution >= 0.6 is 11.8 Å². The Bertz CT molecular complexity index is 495. The zero-order valence-electron chi connectivity index (χ0n) is 10.8. The molecule has 0 radical (unpaired) electrons. The fourth-order valence-corrected chi connectivity index (χ4v) is 2.39. The fraction of sp³-hybridized carbons (Fsp3) is 0.385. The quantitative estimate of drug-likeness (QED) is 0.813. The van der Waals surface area contributed by atoms with E-state index in [2.05, 4.69) is 28.4 Å². The summed E-state index contributed by atoms with van der Waals surface area (Å²) in [5.41, 5.74) is 2.23. The van der Waals surface area contributed by atoms with E-state index in [0.717, 1.165) is 30.1 Å². The van der Waals surface area contributed by atoms with E-state index in [1.54, 1.807) is 11.8 Å². The highest BCUT2D eigenvalue weighted by atomic mass is 32.2. The molecule has 2 aromatic heterocycles. The summed E-state index contributed by atoms with van der Waals surface area (Å²) in [6, 6.07) is 4.12. The second-order valence-corrected chi connectivity index (χ2v) is 5.15. The van der Waals surface area contributed by atoms with Crippen molar-refractivity contribution < 1.29 is 0 Å². The largest absolute Gasteiger partial charge is 0.385 e. The van der Waals surface area contributed by atoms with Gasteiger partial charge in [0.1, 0.15) is 0 Å². The van der Waals surface area contributed by atoms with Gasteiger partial charge in [-0.05, 0) is 18.6 Å². The lowest BCUT2D eigenvalue weighted by atomic mass is 10.3. The maximum Gasteiger partial charge on any atom is 0.0625 e. The highest BCUT2D eigenvalue weighted by Crippen LogP contribution is 2.22. The van der Waals surface area contributed by atoms with Gasteiger partial charge in [0.2, 0.25) is 0 Å². The topological polar surface area (TPSA) is 42.7 Å². The Labute approximate surface area is 112 Å². The van der Waals surface area contributed by atoms with Crippen molar-refractivity contribution in [3.05, 3.63) is 36.4 Å². The fourth-order valence-electron chi connectivity index (χ4n) is 1.57. The first kappa shape index (κ1) is 13.0. The number of rotatable bonds is 6. The van der Waals surface area contributed by atoms with E-state index in [1.165, 1.54) is 4.90 Å². The van der Waals surface area contributed by atoms with Crippen molar-refractivity contribution in [1.82, 2.24) is 14.8 Å². The molecule has 96 valence electrons. The average molecular weight is 262 g/mol. The van der Waals surface area contributed by atoms with Crippen molar-refractivity contribution in [3.8, 4) is 0 Å². The predicted octanol–water partition coefficient (Wildman–Crippen LogP) is 2.93. The first-order valence-corrected chi connectivity index (χ1v) is 7.06. The molecule has 1 N–H and O–H groups in total. The molecule has 0 unspecified atom stereocenters. The molecule has 0 aliphatic rings. The van der Waals surface area contributed by atoms with Crippen molar-refractivity contribution in [2.24, 2.45) is 7.05 Å². The smallest absolute Gasteiger partial charge is 0.0625 e. The van der Waals surface area contributed by atoms with Crippen molar-refractivity contribution >= 4 is 17.4 Å². The molecule has 0 saturated carbocycles. The monoisotopic (exact) mass is 262 g/mol. The molecule has 0 amide bonds. The molecule has 18 heavy (non-hydrogen) atoms. The summed E-state index contributed by atoms with van der Waals surface area (Å²) in [6.07, 6.45) is 6.88. The summed E-state index contributed by atoms with van der Waals surface area (Å²) in [6.45, 7) is 3.16. The lowest BCUT2D eigenvalue weighted by Crippen LogP contribution is -2.00. The van der Waals surface area contributed by atoms with Crippen LogP contribution in [0.5, 0.6) is 0 Å². The van der Waals surface area contributed by atoms with E-state index in [-0.39, 0.29) is 0 Å². The molecule has 4 nitrogen and oxygen atoms in total. The van der Waals surface area contributed by atoms with Gasteiger partial charge in [-0.15, -0.1) is 11.8 Å². The molecular formula is C13H18N4S. The van der Waals surface area contributed by atoms with E-state index >= 15 is 0 Å². The minimum absolute atomic E-state index is 0.868. The Balaban J connectivity index is 1.92. The number of hydrogen-bond donors (Lipinski definition) is 1. The molecule has 2 heterocycles. The number of hydrogen-bond acceptors (Lipinski definition) is 4. The Morgan fingerprint density at radius 2 is 2.33 bits per heavy atom. The van der Waals surface area contributed by atoms with Gasteiger partial charge in [-0.25, -0.2) is 0 Å². The minimum Gasteiger partial charge on any atom is -0.385 e. The molecule has 0 aromatic carbocycles. The summed E-state index contributed by atoms with van der Waals surface area (Å²) in [4.78, 5) is 5.55.